The Morgan fingerprint density at radius 3 is 2.52 bits per heavy atom. The maximum atomic E-state index is 12.0. The molecule has 2 aromatic rings. The minimum Gasteiger partial charge on any atom is -0.382 e. The quantitative estimate of drug-likeness (QED) is 0.791. The van der Waals surface area contributed by atoms with Gasteiger partial charge in [0, 0.05) is 17.9 Å². The summed E-state index contributed by atoms with van der Waals surface area (Å²) in [6, 6.07) is 15.6. The van der Waals surface area contributed by atoms with Crippen molar-refractivity contribution in [2.24, 2.45) is 0 Å². The normalized spacial score (nSPS) is 9.95. The molecule has 0 saturated carbocycles. The molecule has 1 amide bonds. The van der Waals surface area contributed by atoms with E-state index in [0.717, 1.165) is 29.0 Å². The van der Waals surface area contributed by atoms with Crippen LogP contribution in [0.15, 0.2) is 61.2 Å². The number of hydrogen-bond donors (Lipinski definition) is 2. The van der Waals surface area contributed by atoms with Gasteiger partial charge in [-0.05, 0) is 36.8 Å². The zero-order valence-corrected chi connectivity index (χ0v) is 12.2. The minimum absolute atomic E-state index is 0.00704. The molecule has 2 rings (SSSR count). The van der Waals surface area contributed by atoms with E-state index in [4.69, 9.17) is 0 Å². The molecular formula is C18H20N2O. The molecule has 2 aromatic carbocycles. The van der Waals surface area contributed by atoms with Gasteiger partial charge in [-0.2, -0.15) is 0 Å². The fourth-order valence-electron chi connectivity index (χ4n) is 2.07. The van der Waals surface area contributed by atoms with E-state index in [9.17, 15) is 4.79 Å². The first-order chi connectivity index (χ1) is 10.2. The van der Waals surface area contributed by atoms with Crippen LogP contribution >= 0.6 is 0 Å². The van der Waals surface area contributed by atoms with E-state index < -0.39 is 0 Å². The second kappa shape index (κ2) is 7.29. The van der Waals surface area contributed by atoms with E-state index in [1.165, 1.54) is 0 Å². The molecular weight excluding hydrogens is 260 g/mol. The summed E-state index contributed by atoms with van der Waals surface area (Å²) in [5.74, 6) is -0.00704. The van der Waals surface area contributed by atoms with Gasteiger partial charge in [-0.3, -0.25) is 4.79 Å². The number of benzene rings is 2. The SMILES string of the molecule is C=CCNc1ccc(NC(=O)Cc2cccc(C)c2)cc1. The Balaban J connectivity index is 1.91. The number of carbonyl (C=O) groups is 1. The number of aryl methyl sites for hydroxylation is 1. The first-order valence-electron chi connectivity index (χ1n) is 6.97. The summed E-state index contributed by atoms with van der Waals surface area (Å²) in [4.78, 5) is 12.0. The van der Waals surface area contributed by atoms with Gasteiger partial charge in [0.15, 0.2) is 0 Å². The summed E-state index contributed by atoms with van der Waals surface area (Å²) in [5.41, 5.74) is 4.00. The minimum atomic E-state index is -0.00704. The first-order valence-corrected chi connectivity index (χ1v) is 6.97. The van der Waals surface area contributed by atoms with E-state index in [1.54, 1.807) is 6.08 Å². The fourth-order valence-corrected chi connectivity index (χ4v) is 2.07. The molecule has 0 spiro atoms. The van der Waals surface area contributed by atoms with Gasteiger partial charge in [0.1, 0.15) is 0 Å². The van der Waals surface area contributed by atoms with E-state index in [2.05, 4.69) is 17.2 Å². The molecule has 0 aromatic heterocycles. The molecule has 0 heterocycles. The lowest BCUT2D eigenvalue weighted by Gasteiger charge is -2.08. The third kappa shape index (κ3) is 4.80. The monoisotopic (exact) mass is 280 g/mol. The van der Waals surface area contributed by atoms with Gasteiger partial charge in [0.2, 0.25) is 5.91 Å². The van der Waals surface area contributed by atoms with Crippen LogP contribution in [0.5, 0.6) is 0 Å². The van der Waals surface area contributed by atoms with Crippen LogP contribution in [0.2, 0.25) is 0 Å². The Labute approximate surface area is 125 Å². The average Bonchev–Trinajstić information content (AvgIpc) is 2.46. The van der Waals surface area contributed by atoms with Crippen molar-refractivity contribution in [2.45, 2.75) is 13.3 Å². The molecule has 21 heavy (non-hydrogen) atoms. The van der Waals surface area contributed by atoms with Crippen LogP contribution in [-0.2, 0) is 11.2 Å². The lowest BCUT2D eigenvalue weighted by atomic mass is 10.1. The Morgan fingerprint density at radius 1 is 1.14 bits per heavy atom. The van der Waals surface area contributed by atoms with Gasteiger partial charge >= 0.3 is 0 Å². The Bertz CT molecular complexity index is 617. The highest BCUT2D eigenvalue weighted by Gasteiger charge is 2.04. The molecule has 0 bridgehead atoms. The molecule has 108 valence electrons. The van der Waals surface area contributed by atoms with Crippen molar-refractivity contribution < 1.29 is 4.79 Å². The van der Waals surface area contributed by atoms with E-state index >= 15 is 0 Å². The predicted molar refractivity (Wildman–Crippen MR) is 88.6 cm³/mol. The van der Waals surface area contributed by atoms with Crippen molar-refractivity contribution in [1.82, 2.24) is 0 Å². The van der Waals surface area contributed by atoms with Crippen molar-refractivity contribution in [3.63, 3.8) is 0 Å². The Morgan fingerprint density at radius 2 is 1.86 bits per heavy atom. The third-order valence-corrected chi connectivity index (χ3v) is 3.07. The van der Waals surface area contributed by atoms with E-state index in [-0.39, 0.29) is 5.91 Å². The van der Waals surface area contributed by atoms with Crippen LogP contribution in [0.1, 0.15) is 11.1 Å². The van der Waals surface area contributed by atoms with Crippen LogP contribution in [0.3, 0.4) is 0 Å². The molecule has 0 aliphatic carbocycles. The molecule has 0 aliphatic heterocycles. The summed E-state index contributed by atoms with van der Waals surface area (Å²) in [6.07, 6.45) is 2.19. The number of amides is 1. The standard InChI is InChI=1S/C18H20N2O/c1-3-11-19-16-7-9-17(10-8-16)20-18(21)13-15-6-4-5-14(2)12-15/h3-10,12,19H,1,11,13H2,2H3,(H,20,21). The molecule has 3 nitrogen and oxygen atoms in total. The van der Waals surface area contributed by atoms with Gasteiger partial charge in [-0.1, -0.05) is 35.9 Å². The lowest BCUT2D eigenvalue weighted by molar-refractivity contribution is -0.115. The van der Waals surface area contributed by atoms with Crippen LogP contribution in [-0.4, -0.2) is 12.5 Å². The van der Waals surface area contributed by atoms with E-state index in [0.29, 0.717) is 6.42 Å². The predicted octanol–water partition coefficient (Wildman–Crippen LogP) is 3.77. The fraction of sp³-hybridized carbons (Fsp3) is 0.167. The third-order valence-electron chi connectivity index (χ3n) is 3.07. The second-order valence-corrected chi connectivity index (χ2v) is 4.96. The highest BCUT2D eigenvalue weighted by Crippen LogP contribution is 2.14. The number of anilines is 2. The van der Waals surface area contributed by atoms with Crippen molar-refractivity contribution >= 4 is 17.3 Å². The maximum Gasteiger partial charge on any atom is 0.228 e. The molecule has 0 radical (unpaired) electrons. The Kier molecular flexibility index (Phi) is 5.16. The smallest absolute Gasteiger partial charge is 0.228 e. The molecule has 0 unspecified atom stereocenters. The van der Waals surface area contributed by atoms with Gasteiger partial charge in [-0.25, -0.2) is 0 Å². The second-order valence-electron chi connectivity index (χ2n) is 4.96. The lowest BCUT2D eigenvalue weighted by Crippen LogP contribution is -2.14. The zero-order valence-electron chi connectivity index (χ0n) is 12.2. The zero-order chi connectivity index (χ0) is 15.1. The first kappa shape index (κ1) is 14.9. The highest BCUT2D eigenvalue weighted by atomic mass is 16.1. The van der Waals surface area contributed by atoms with Crippen molar-refractivity contribution in [3.8, 4) is 0 Å². The molecule has 3 heteroatoms. The molecule has 0 aliphatic rings. The van der Waals surface area contributed by atoms with Gasteiger partial charge in [0.25, 0.3) is 0 Å². The van der Waals surface area contributed by atoms with Gasteiger partial charge < -0.3 is 10.6 Å². The summed E-state index contributed by atoms with van der Waals surface area (Å²) in [6.45, 7) is 6.40. The van der Waals surface area contributed by atoms with Gasteiger partial charge in [0.05, 0.1) is 6.42 Å². The number of hydrogen-bond acceptors (Lipinski definition) is 2. The maximum absolute atomic E-state index is 12.0. The number of rotatable bonds is 6. The summed E-state index contributed by atoms with van der Waals surface area (Å²) in [5, 5.41) is 6.10. The number of carbonyl (C=O) groups excluding carboxylic acids is 1. The highest BCUT2D eigenvalue weighted by molar-refractivity contribution is 5.92. The average molecular weight is 280 g/mol. The van der Waals surface area contributed by atoms with Crippen LogP contribution in [0, 0.1) is 6.92 Å². The van der Waals surface area contributed by atoms with Crippen LogP contribution in [0.4, 0.5) is 11.4 Å². The van der Waals surface area contributed by atoms with Gasteiger partial charge in [-0.15, -0.1) is 6.58 Å². The van der Waals surface area contributed by atoms with Crippen LogP contribution < -0.4 is 10.6 Å². The molecule has 2 N–H and O–H groups in total. The largest absolute Gasteiger partial charge is 0.382 e. The summed E-state index contributed by atoms with van der Waals surface area (Å²) < 4.78 is 0. The Hall–Kier alpha value is -2.55. The summed E-state index contributed by atoms with van der Waals surface area (Å²) >= 11 is 0. The topological polar surface area (TPSA) is 41.1 Å². The summed E-state index contributed by atoms with van der Waals surface area (Å²) in [7, 11) is 0. The van der Waals surface area contributed by atoms with Crippen LogP contribution in [0.25, 0.3) is 0 Å². The van der Waals surface area contributed by atoms with Crippen molar-refractivity contribution in [2.75, 3.05) is 17.2 Å². The van der Waals surface area contributed by atoms with Crippen molar-refractivity contribution in [3.05, 3.63) is 72.3 Å². The molecule has 0 fully saturated rings. The van der Waals surface area contributed by atoms with E-state index in [1.807, 2.05) is 55.5 Å². The number of nitrogens with one attached hydrogen (secondary N) is 2. The molecule has 0 atom stereocenters. The van der Waals surface area contributed by atoms with Crippen molar-refractivity contribution in [1.29, 1.82) is 0 Å². The molecule has 0 saturated heterocycles.